The second kappa shape index (κ2) is 6.62. The van der Waals surface area contributed by atoms with Crippen LogP contribution in [-0.2, 0) is 6.54 Å². The molecule has 4 nitrogen and oxygen atoms in total. The average Bonchev–Trinajstić information content (AvgIpc) is 2.38. The highest BCUT2D eigenvalue weighted by Crippen LogP contribution is 2.18. The van der Waals surface area contributed by atoms with Gasteiger partial charge in [0.1, 0.15) is 5.82 Å². The molecule has 0 radical (unpaired) electrons. The summed E-state index contributed by atoms with van der Waals surface area (Å²) >= 11 is 0. The summed E-state index contributed by atoms with van der Waals surface area (Å²) in [7, 11) is 1.80. The lowest BCUT2D eigenvalue weighted by Crippen LogP contribution is -2.38. The Hall–Kier alpha value is -1.48. The molecule has 1 rings (SSSR count). The molecular formula is C14H19FN2O2. The minimum absolute atomic E-state index is 0.137. The maximum atomic E-state index is 13.2. The number of benzene rings is 1. The van der Waals surface area contributed by atoms with Gasteiger partial charge in [-0.25, -0.2) is 4.39 Å². The minimum atomic E-state index is -0.616. The molecule has 0 fully saturated rings. The molecule has 0 atom stereocenters. The Morgan fingerprint density at radius 1 is 1.37 bits per heavy atom. The van der Waals surface area contributed by atoms with E-state index in [1.54, 1.807) is 14.0 Å². The fourth-order valence-electron chi connectivity index (χ4n) is 1.95. The van der Waals surface area contributed by atoms with Gasteiger partial charge >= 0.3 is 0 Å². The van der Waals surface area contributed by atoms with Crippen LogP contribution in [0.4, 0.5) is 4.39 Å². The first-order chi connectivity index (χ1) is 8.94. The topological polar surface area (TPSA) is 67.5 Å². The summed E-state index contributed by atoms with van der Waals surface area (Å²) in [6.45, 7) is 2.32. The molecule has 0 saturated carbocycles. The molecule has 104 valence electrons. The Morgan fingerprint density at radius 2 is 2.00 bits per heavy atom. The van der Waals surface area contributed by atoms with Crippen molar-refractivity contribution in [2.24, 2.45) is 5.41 Å². The fourth-order valence-corrected chi connectivity index (χ4v) is 1.95. The highest BCUT2D eigenvalue weighted by molar-refractivity contribution is 5.37. The van der Waals surface area contributed by atoms with Crippen molar-refractivity contribution in [2.45, 2.75) is 13.5 Å². The number of rotatable bonds is 6. The lowest BCUT2D eigenvalue weighted by molar-refractivity contribution is 0.0401. The van der Waals surface area contributed by atoms with Crippen LogP contribution in [0.25, 0.3) is 0 Å². The zero-order chi connectivity index (χ0) is 14.5. The first-order valence-corrected chi connectivity index (χ1v) is 6.03. The van der Waals surface area contributed by atoms with E-state index in [0.29, 0.717) is 24.2 Å². The van der Waals surface area contributed by atoms with Gasteiger partial charge in [-0.05, 0) is 30.8 Å². The largest absolute Gasteiger partial charge is 0.396 e. The first-order valence-electron chi connectivity index (χ1n) is 6.03. The molecule has 2 N–H and O–H groups in total. The Labute approximate surface area is 112 Å². The third-order valence-electron chi connectivity index (χ3n) is 3.04. The van der Waals surface area contributed by atoms with Gasteiger partial charge in [0.05, 0.1) is 24.8 Å². The monoisotopic (exact) mass is 266 g/mol. The van der Waals surface area contributed by atoms with Crippen molar-refractivity contribution >= 4 is 0 Å². The predicted molar refractivity (Wildman–Crippen MR) is 69.7 cm³/mol. The maximum Gasteiger partial charge on any atom is 0.123 e. The first kappa shape index (κ1) is 15.6. The Balaban J connectivity index is 2.80. The normalized spacial score (nSPS) is 11.6. The van der Waals surface area contributed by atoms with Crippen LogP contribution >= 0.6 is 0 Å². The fraction of sp³-hybridized carbons (Fsp3) is 0.500. The van der Waals surface area contributed by atoms with Crippen LogP contribution < -0.4 is 0 Å². The van der Waals surface area contributed by atoms with Crippen molar-refractivity contribution in [2.75, 3.05) is 26.8 Å². The van der Waals surface area contributed by atoms with Gasteiger partial charge in [0.2, 0.25) is 0 Å². The standard InChI is InChI=1S/C14H19FN2O2/c1-14(9-18,10-19)8-17(2)7-12-5-13(15)4-3-11(12)6-16/h3-5,18-19H,7-10H2,1-2H3. The van der Waals surface area contributed by atoms with Crippen molar-refractivity contribution in [3.63, 3.8) is 0 Å². The number of aliphatic hydroxyl groups is 2. The number of hydrogen-bond acceptors (Lipinski definition) is 4. The number of nitriles is 1. The van der Waals surface area contributed by atoms with E-state index in [4.69, 9.17) is 5.26 Å². The molecular weight excluding hydrogens is 247 g/mol. The highest BCUT2D eigenvalue weighted by atomic mass is 19.1. The Bertz CT molecular complexity index is 467. The number of nitrogens with zero attached hydrogens (tertiary/aromatic N) is 2. The van der Waals surface area contributed by atoms with Gasteiger partial charge in [-0.1, -0.05) is 6.92 Å². The Morgan fingerprint density at radius 3 is 2.53 bits per heavy atom. The third kappa shape index (κ3) is 4.28. The van der Waals surface area contributed by atoms with Crippen LogP contribution in [0.15, 0.2) is 18.2 Å². The van der Waals surface area contributed by atoms with Gasteiger partial charge < -0.3 is 15.1 Å². The molecule has 0 amide bonds. The van der Waals surface area contributed by atoms with Gasteiger partial charge in [-0.3, -0.25) is 0 Å². The molecule has 0 aliphatic carbocycles. The molecule has 0 aliphatic rings. The van der Waals surface area contributed by atoms with E-state index in [9.17, 15) is 14.6 Å². The highest BCUT2D eigenvalue weighted by Gasteiger charge is 2.24. The van der Waals surface area contributed by atoms with Gasteiger partial charge in [-0.15, -0.1) is 0 Å². The number of halogens is 1. The number of hydrogen-bond donors (Lipinski definition) is 2. The third-order valence-corrected chi connectivity index (χ3v) is 3.04. The summed E-state index contributed by atoms with van der Waals surface area (Å²) in [6, 6.07) is 6.08. The van der Waals surface area contributed by atoms with Crippen LogP contribution in [0.2, 0.25) is 0 Å². The van der Waals surface area contributed by atoms with Crippen molar-refractivity contribution in [3.05, 3.63) is 35.1 Å². The van der Waals surface area contributed by atoms with Crippen LogP contribution in [0, 0.1) is 22.6 Å². The zero-order valence-corrected chi connectivity index (χ0v) is 11.2. The molecule has 5 heteroatoms. The van der Waals surface area contributed by atoms with E-state index in [-0.39, 0.29) is 19.0 Å². The summed E-state index contributed by atoms with van der Waals surface area (Å²) < 4.78 is 13.2. The quantitative estimate of drug-likeness (QED) is 0.809. The second-order valence-electron chi connectivity index (χ2n) is 5.21. The summed E-state index contributed by atoms with van der Waals surface area (Å²) in [4.78, 5) is 1.85. The van der Waals surface area contributed by atoms with E-state index in [1.165, 1.54) is 18.2 Å². The van der Waals surface area contributed by atoms with Gasteiger partial charge in [-0.2, -0.15) is 5.26 Å². The molecule has 0 bridgehead atoms. The lowest BCUT2D eigenvalue weighted by Gasteiger charge is -2.30. The van der Waals surface area contributed by atoms with Crippen molar-refractivity contribution in [3.8, 4) is 6.07 Å². The Kier molecular flexibility index (Phi) is 5.43. The predicted octanol–water partition coefficient (Wildman–Crippen LogP) is 1.12. The van der Waals surface area contributed by atoms with E-state index in [0.717, 1.165) is 0 Å². The van der Waals surface area contributed by atoms with E-state index >= 15 is 0 Å². The lowest BCUT2D eigenvalue weighted by atomic mass is 9.92. The van der Waals surface area contributed by atoms with E-state index < -0.39 is 5.41 Å². The summed E-state index contributed by atoms with van der Waals surface area (Å²) in [5.74, 6) is -0.380. The summed E-state index contributed by atoms with van der Waals surface area (Å²) in [5.41, 5.74) is 0.417. The molecule has 1 aromatic carbocycles. The van der Waals surface area contributed by atoms with Crippen LogP contribution in [0.3, 0.4) is 0 Å². The SMILES string of the molecule is CN(Cc1cc(F)ccc1C#N)CC(C)(CO)CO. The molecule has 19 heavy (non-hydrogen) atoms. The zero-order valence-electron chi connectivity index (χ0n) is 11.2. The van der Waals surface area contributed by atoms with Crippen molar-refractivity contribution in [1.29, 1.82) is 5.26 Å². The molecule has 0 aromatic heterocycles. The van der Waals surface area contributed by atoms with Crippen molar-refractivity contribution in [1.82, 2.24) is 4.90 Å². The molecule has 0 saturated heterocycles. The maximum absolute atomic E-state index is 13.2. The number of aliphatic hydroxyl groups excluding tert-OH is 2. The minimum Gasteiger partial charge on any atom is -0.396 e. The summed E-state index contributed by atoms with van der Waals surface area (Å²) in [5, 5.41) is 27.5. The molecule has 1 aromatic rings. The smallest absolute Gasteiger partial charge is 0.123 e. The van der Waals surface area contributed by atoms with Crippen molar-refractivity contribution < 1.29 is 14.6 Å². The van der Waals surface area contributed by atoms with Gasteiger partial charge in [0, 0.05) is 18.5 Å². The van der Waals surface area contributed by atoms with Crippen LogP contribution in [0.1, 0.15) is 18.1 Å². The van der Waals surface area contributed by atoms with Crippen LogP contribution in [-0.4, -0.2) is 41.9 Å². The molecule has 0 spiro atoms. The summed E-state index contributed by atoms with van der Waals surface area (Å²) in [6.07, 6.45) is 0. The van der Waals surface area contributed by atoms with Gasteiger partial charge in [0.25, 0.3) is 0 Å². The second-order valence-corrected chi connectivity index (χ2v) is 5.21. The van der Waals surface area contributed by atoms with E-state index in [2.05, 4.69) is 0 Å². The van der Waals surface area contributed by atoms with E-state index in [1.807, 2.05) is 11.0 Å². The van der Waals surface area contributed by atoms with Crippen LogP contribution in [0.5, 0.6) is 0 Å². The molecule has 0 aliphatic heterocycles. The van der Waals surface area contributed by atoms with Gasteiger partial charge in [0.15, 0.2) is 0 Å². The molecule has 0 heterocycles. The molecule has 0 unspecified atom stereocenters. The average molecular weight is 266 g/mol.